The lowest BCUT2D eigenvalue weighted by Crippen LogP contribution is -2.43. The van der Waals surface area contributed by atoms with Gasteiger partial charge in [0.15, 0.2) is 0 Å². The Morgan fingerprint density at radius 1 is 1.21 bits per heavy atom. The van der Waals surface area contributed by atoms with Crippen molar-refractivity contribution in [1.29, 1.82) is 0 Å². The highest BCUT2D eigenvalue weighted by atomic mass is 32.2. The molecule has 0 unspecified atom stereocenters. The second kappa shape index (κ2) is 6.54. The summed E-state index contributed by atoms with van der Waals surface area (Å²) in [5.74, 6) is 0.125. The Labute approximate surface area is 144 Å². The number of hydrogen-bond acceptors (Lipinski definition) is 6. The number of rotatable bonds is 4. The summed E-state index contributed by atoms with van der Waals surface area (Å²) in [5.41, 5.74) is 0.864. The molecule has 0 bridgehead atoms. The zero-order valence-corrected chi connectivity index (χ0v) is 14.5. The SMILES string of the molecule is Cn1cc(N2CCC[C@H](Sc3nnnn3C3CCCC3)C2=O)cn1. The fourth-order valence-electron chi connectivity index (χ4n) is 3.52. The second-order valence-corrected chi connectivity index (χ2v) is 7.62. The van der Waals surface area contributed by atoms with Crippen LogP contribution in [0.15, 0.2) is 17.6 Å². The average Bonchev–Trinajstić information content (AvgIpc) is 3.30. The molecule has 1 amide bonds. The van der Waals surface area contributed by atoms with E-state index in [0.717, 1.165) is 43.1 Å². The summed E-state index contributed by atoms with van der Waals surface area (Å²) < 4.78 is 3.65. The van der Waals surface area contributed by atoms with Crippen LogP contribution < -0.4 is 4.90 Å². The van der Waals surface area contributed by atoms with Crippen molar-refractivity contribution in [3.05, 3.63) is 12.4 Å². The second-order valence-electron chi connectivity index (χ2n) is 6.46. The molecular weight excluding hydrogens is 326 g/mol. The topological polar surface area (TPSA) is 81.7 Å². The van der Waals surface area contributed by atoms with E-state index in [1.807, 2.05) is 22.8 Å². The van der Waals surface area contributed by atoms with E-state index < -0.39 is 0 Å². The molecule has 1 atom stereocenters. The molecule has 2 aromatic rings. The van der Waals surface area contributed by atoms with Crippen LogP contribution in [-0.4, -0.2) is 47.7 Å². The lowest BCUT2D eigenvalue weighted by atomic mass is 10.1. The minimum Gasteiger partial charge on any atom is -0.309 e. The smallest absolute Gasteiger partial charge is 0.240 e. The Hall–Kier alpha value is -1.90. The first-order valence-electron chi connectivity index (χ1n) is 8.47. The van der Waals surface area contributed by atoms with Gasteiger partial charge in [-0.05, 0) is 36.1 Å². The van der Waals surface area contributed by atoms with Crippen molar-refractivity contribution in [3.8, 4) is 0 Å². The van der Waals surface area contributed by atoms with Gasteiger partial charge in [0.2, 0.25) is 11.1 Å². The van der Waals surface area contributed by atoms with E-state index in [1.54, 1.807) is 10.9 Å². The number of piperidine rings is 1. The van der Waals surface area contributed by atoms with E-state index in [1.165, 1.54) is 24.6 Å². The van der Waals surface area contributed by atoms with Crippen molar-refractivity contribution in [1.82, 2.24) is 30.0 Å². The Morgan fingerprint density at radius 3 is 2.79 bits per heavy atom. The number of tetrazole rings is 1. The average molecular weight is 347 g/mol. The van der Waals surface area contributed by atoms with Gasteiger partial charge in [0, 0.05) is 19.8 Å². The molecule has 128 valence electrons. The van der Waals surface area contributed by atoms with E-state index in [9.17, 15) is 4.79 Å². The summed E-state index contributed by atoms with van der Waals surface area (Å²) in [4.78, 5) is 14.7. The van der Waals surface area contributed by atoms with Gasteiger partial charge in [-0.25, -0.2) is 4.68 Å². The maximum absolute atomic E-state index is 12.9. The van der Waals surface area contributed by atoms with Gasteiger partial charge in [-0.1, -0.05) is 24.6 Å². The fraction of sp³-hybridized carbons (Fsp3) is 0.667. The van der Waals surface area contributed by atoms with E-state index >= 15 is 0 Å². The number of thioether (sulfide) groups is 1. The van der Waals surface area contributed by atoms with Gasteiger partial charge in [-0.15, -0.1) is 5.10 Å². The Kier molecular flexibility index (Phi) is 4.26. The molecule has 1 aliphatic heterocycles. The highest BCUT2D eigenvalue weighted by Gasteiger charge is 2.33. The number of carbonyl (C=O) groups excluding carboxylic acids is 1. The van der Waals surface area contributed by atoms with Crippen LogP contribution in [0, 0.1) is 0 Å². The normalized spacial score (nSPS) is 22.5. The predicted molar refractivity (Wildman–Crippen MR) is 89.8 cm³/mol. The van der Waals surface area contributed by atoms with Crippen molar-refractivity contribution >= 4 is 23.4 Å². The van der Waals surface area contributed by atoms with Crippen LogP contribution >= 0.6 is 11.8 Å². The van der Waals surface area contributed by atoms with Crippen LogP contribution in [0.25, 0.3) is 0 Å². The van der Waals surface area contributed by atoms with Crippen LogP contribution in [-0.2, 0) is 11.8 Å². The number of anilines is 1. The molecule has 9 heteroatoms. The predicted octanol–water partition coefficient (Wildman–Crippen LogP) is 1.81. The van der Waals surface area contributed by atoms with E-state index in [-0.39, 0.29) is 11.2 Å². The number of nitrogens with zero attached hydrogens (tertiary/aromatic N) is 7. The third-order valence-electron chi connectivity index (χ3n) is 4.77. The molecule has 1 saturated carbocycles. The molecular formula is C15H21N7OS. The summed E-state index contributed by atoms with van der Waals surface area (Å²) >= 11 is 1.51. The molecule has 4 rings (SSSR count). The third-order valence-corrected chi connectivity index (χ3v) is 5.97. The lowest BCUT2D eigenvalue weighted by molar-refractivity contribution is -0.119. The molecule has 24 heavy (non-hydrogen) atoms. The van der Waals surface area contributed by atoms with Gasteiger partial charge in [0.1, 0.15) is 0 Å². The molecule has 0 N–H and O–H groups in total. The first-order chi connectivity index (χ1) is 11.7. The first kappa shape index (κ1) is 15.6. The van der Waals surface area contributed by atoms with Crippen molar-refractivity contribution in [2.75, 3.05) is 11.4 Å². The maximum atomic E-state index is 12.9. The van der Waals surface area contributed by atoms with Gasteiger partial charge >= 0.3 is 0 Å². The summed E-state index contributed by atoms with van der Waals surface area (Å²) in [6.45, 7) is 0.745. The standard InChI is InChI=1S/C15H21N7OS/c1-20-10-12(9-16-20)21-8-4-7-13(14(21)23)24-15-17-18-19-22(15)11-5-2-3-6-11/h9-11,13H,2-8H2,1H3/t13-/m0/s1. The zero-order valence-electron chi connectivity index (χ0n) is 13.7. The Bertz CT molecular complexity index is 721. The summed E-state index contributed by atoms with van der Waals surface area (Å²) in [6, 6.07) is 0.385. The number of aromatic nitrogens is 6. The van der Waals surface area contributed by atoms with Gasteiger partial charge in [0.05, 0.1) is 23.2 Å². The van der Waals surface area contributed by atoms with E-state index in [2.05, 4.69) is 20.6 Å². The van der Waals surface area contributed by atoms with Crippen LogP contribution in [0.1, 0.15) is 44.6 Å². The van der Waals surface area contributed by atoms with E-state index in [4.69, 9.17) is 0 Å². The molecule has 2 aliphatic rings. The molecule has 0 spiro atoms. The minimum absolute atomic E-state index is 0.125. The van der Waals surface area contributed by atoms with Crippen LogP contribution in [0.2, 0.25) is 0 Å². The molecule has 0 aromatic carbocycles. The van der Waals surface area contributed by atoms with E-state index in [0.29, 0.717) is 6.04 Å². The van der Waals surface area contributed by atoms with Gasteiger partial charge in [0.25, 0.3) is 0 Å². The van der Waals surface area contributed by atoms with Crippen molar-refractivity contribution in [3.63, 3.8) is 0 Å². The highest BCUT2D eigenvalue weighted by Crippen LogP contribution is 2.35. The van der Waals surface area contributed by atoms with Gasteiger partial charge < -0.3 is 4.90 Å². The summed E-state index contributed by atoms with van der Waals surface area (Å²) in [7, 11) is 1.86. The van der Waals surface area contributed by atoms with Crippen molar-refractivity contribution in [2.45, 2.75) is 55.0 Å². The summed E-state index contributed by atoms with van der Waals surface area (Å²) in [5, 5.41) is 17.0. The maximum Gasteiger partial charge on any atom is 0.240 e. The first-order valence-corrected chi connectivity index (χ1v) is 9.35. The number of hydrogen-bond donors (Lipinski definition) is 0. The Balaban J connectivity index is 1.50. The monoisotopic (exact) mass is 347 g/mol. The molecule has 1 saturated heterocycles. The quantitative estimate of drug-likeness (QED) is 0.839. The number of aryl methyl sites for hydroxylation is 1. The molecule has 2 aromatic heterocycles. The van der Waals surface area contributed by atoms with Crippen molar-refractivity contribution < 1.29 is 4.79 Å². The fourth-order valence-corrected chi connectivity index (χ4v) is 4.67. The van der Waals surface area contributed by atoms with Gasteiger partial charge in [-0.2, -0.15) is 5.10 Å². The molecule has 3 heterocycles. The third kappa shape index (κ3) is 2.92. The largest absolute Gasteiger partial charge is 0.309 e. The molecule has 2 fully saturated rings. The molecule has 8 nitrogen and oxygen atoms in total. The molecule has 1 aliphatic carbocycles. The van der Waals surface area contributed by atoms with Crippen molar-refractivity contribution in [2.24, 2.45) is 7.05 Å². The highest BCUT2D eigenvalue weighted by molar-refractivity contribution is 8.00. The summed E-state index contributed by atoms with van der Waals surface area (Å²) in [6.07, 6.45) is 10.2. The molecule has 0 radical (unpaired) electrons. The minimum atomic E-state index is -0.134. The van der Waals surface area contributed by atoms with Crippen LogP contribution in [0.3, 0.4) is 0 Å². The Morgan fingerprint density at radius 2 is 2.04 bits per heavy atom. The number of amides is 1. The van der Waals surface area contributed by atoms with Gasteiger partial charge in [-0.3, -0.25) is 9.48 Å². The van der Waals surface area contributed by atoms with Crippen LogP contribution in [0.4, 0.5) is 5.69 Å². The lowest BCUT2D eigenvalue weighted by Gasteiger charge is -2.30. The van der Waals surface area contributed by atoms with Crippen LogP contribution in [0.5, 0.6) is 0 Å². The zero-order chi connectivity index (χ0) is 16.5. The number of carbonyl (C=O) groups is 1.